The van der Waals surface area contributed by atoms with Crippen LogP contribution in [-0.2, 0) is 17.6 Å². The molecule has 0 spiro atoms. The Morgan fingerprint density at radius 1 is 1.32 bits per heavy atom. The van der Waals surface area contributed by atoms with Crippen LogP contribution in [0, 0.1) is 0 Å². The van der Waals surface area contributed by atoms with E-state index in [2.05, 4.69) is 28.8 Å². The second kappa shape index (κ2) is 8.15. The molecule has 2 atom stereocenters. The largest absolute Gasteiger partial charge is 0.389 e. The number of hydrogen-bond donors (Lipinski definition) is 3. The molecule has 1 aromatic rings. The van der Waals surface area contributed by atoms with E-state index in [1.807, 2.05) is 6.92 Å². The number of fused-ring (bicyclic) bond motifs is 1. The molecule has 0 saturated carbocycles. The Morgan fingerprint density at radius 3 is 2.77 bits per heavy atom. The summed E-state index contributed by atoms with van der Waals surface area (Å²) in [5, 5.41) is 15.1. The highest BCUT2D eigenvalue weighted by Crippen LogP contribution is 2.24. The van der Waals surface area contributed by atoms with E-state index >= 15 is 0 Å². The van der Waals surface area contributed by atoms with Crippen molar-refractivity contribution >= 4 is 6.03 Å². The molecule has 0 saturated heterocycles. The van der Waals surface area contributed by atoms with Gasteiger partial charge in [0, 0.05) is 13.7 Å². The lowest BCUT2D eigenvalue weighted by Crippen LogP contribution is -2.41. The predicted octanol–water partition coefficient (Wildman–Crippen LogP) is 1.93. The van der Waals surface area contributed by atoms with Gasteiger partial charge in [-0.2, -0.15) is 0 Å². The number of amides is 2. The zero-order valence-electron chi connectivity index (χ0n) is 13.4. The Morgan fingerprint density at radius 2 is 2.05 bits per heavy atom. The minimum Gasteiger partial charge on any atom is -0.389 e. The summed E-state index contributed by atoms with van der Waals surface area (Å²) in [6.07, 6.45) is 4.12. The SMILES string of the molecule is COCC(O)CNC(=O)NC(C)c1ccc2c(c1)CCCC2. The van der Waals surface area contributed by atoms with Crippen LogP contribution in [0.2, 0.25) is 0 Å². The fourth-order valence-electron chi connectivity index (χ4n) is 2.82. The molecule has 5 heteroatoms. The van der Waals surface area contributed by atoms with Crippen molar-refractivity contribution in [1.82, 2.24) is 10.6 Å². The Bertz CT molecular complexity index is 505. The van der Waals surface area contributed by atoms with Gasteiger partial charge in [0.15, 0.2) is 0 Å². The Labute approximate surface area is 132 Å². The summed E-state index contributed by atoms with van der Waals surface area (Å²) in [5.74, 6) is 0. The first kappa shape index (κ1) is 16.8. The van der Waals surface area contributed by atoms with Crippen molar-refractivity contribution in [3.63, 3.8) is 0 Å². The van der Waals surface area contributed by atoms with E-state index in [9.17, 15) is 9.90 Å². The number of urea groups is 1. The molecule has 2 unspecified atom stereocenters. The lowest BCUT2D eigenvalue weighted by molar-refractivity contribution is 0.0659. The van der Waals surface area contributed by atoms with Crippen molar-refractivity contribution < 1.29 is 14.6 Å². The van der Waals surface area contributed by atoms with Gasteiger partial charge in [-0.3, -0.25) is 0 Å². The molecule has 3 N–H and O–H groups in total. The van der Waals surface area contributed by atoms with E-state index in [0.717, 1.165) is 18.4 Å². The van der Waals surface area contributed by atoms with Crippen molar-refractivity contribution in [2.45, 2.75) is 44.8 Å². The molecular weight excluding hydrogens is 280 g/mol. The first-order valence-corrected chi connectivity index (χ1v) is 7.93. The zero-order chi connectivity index (χ0) is 15.9. The number of methoxy groups -OCH3 is 1. The van der Waals surface area contributed by atoms with E-state index in [-0.39, 0.29) is 25.2 Å². The molecule has 0 heterocycles. The van der Waals surface area contributed by atoms with Gasteiger partial charge in [-0.15, -0.1) is 0 Å². The molecule has 0 bridgehead atoms. The van der Waals surface area contributed by atoms with Gasteiger partial charge < -0.3 is 20.5 Å². The summed E-state index contributed by atoms with van der Waals surface area (Å²) in [6, 6.07) is 6.14. The minimum atomic E-state index is -0.685. The molecule has 0 radical (unpaired) electrons. The van der Waals surface area contributed by atoms with E-state index < -0.39 is 6.10 Å². The van der Waals surface area contributed by atoms with Gasteiger partial charge in [0.2, 0.25) is 0 Å². The Balaban J connectivity index is 1.86. The van der Waals surface area contributed by atoms with E-state index in [1.165, 1.54) is 31.1 Å². The topological polar surface area (TPSA) is 70.6 Å². The molecule has 22 heavy (non-hydrogen) atoms. The summed E-state index contributed by atoms with van der Waals surface area (Å²) in [6.45, 7) is 2.35. The third-order valence-corrected chi connectivity index (χ3v) is 4.08. The van der Waals surface area contributed by atoms with Crippen LogP contribution in [0.3, 0.4) is 0 Å². The van der Waals surface area contributed by atoms with Crippen molar-refractivity contribution in [3.05, 3.63) is 34.9 Å². The molecule has 1 aliphatic carbocycles. The van der Waals surface area contributed by atoms with Crippen molar-refractivity contribution in [1.29, 1.82) is 0 Å². The third-order valence-electron chi connectivity index (χ3n) is 4.08. The molecular formula is C17H26N2O3. The minimum absolute atomic E-state index is 0.0632. The second-order valence-electron chi connectivity index (χ2n) is 5.92. The van der Waals surface area contributed by atoms with Crippen LogP contribution >= 0.6 is 0 Å². The van der Waals surface area contributed by atoms with Crippen LogP contribution in [0.4, 0.5) is 4.79 Å². The van der Waals surface area contributed by atoms with E-state index in [0.29, 0.717) is 0 Å². The number of benzene rings is 1. The van der Waals surface area contributed by atoms with Crippen molar-refractivity contribution in [2.24, 2.45) is 0 Å². The van der Waals surface area contributed by atoms with Gasteiger partial charge in [-0.1, -0.05) is 18.2 Å². The standard InChI is InChI=1S/C17H26N2O3/c1-12(19-17(21)18-10-16(20)11-22-2)14-8-7-13-5-3-4-6-15(13)9-14/h7-9,12,16,20H,3-6,10-11H2,1-2H3,(H2,18,19,21). The number of carbonyl (C=O) groups excluding carboxylic acids is 1. The summed E-state index contributed by atoms with van der Waals surface area (Å²) in [4.78, 5) is 11.9. The fraction of sp³-hybridized carbons (Fsp3) is 0.588. The number of hydrogen-bond acceptors (Lipinski definition) is 3. The first-order chi connectivity index (χ1) is 10.6. The molecule has 0 aromatic heterocycles. The average Bonchev–Trinajstić information content (AvgIpc) is 2.52. The molecule has 1 aromatic carbocycles. The third kappa shape index (κ3) is 4.71. The van der Waals surface area contributed by atoms with Crippen LogP contribution < -0.4 is 10.6 Å². The maximum Gasteiger partial charge on any atom is 0.315 e. The summed E-state index contributed by atoms with van der Waals surface area (Å²) >= 11 is 0. The van der Waals surface area contributed by atoms with E-state index in [4.69, 9.17) is 4.74 Å². The lowest BCUT2D eigenvalue weighted by atomic mass is 9.89. The molecule has 2 amide bonds. The van der Waals surface area contributed by atoms with Crippen molar-refractivity contribution in [2.75, 3.05) is 20.3 Å². The van der Waals surface area contributed by atoms with Gasteiger partial charge in [0.05, 0.1) is 18.8 Å². The highest BCUT2D eigenvalue weighted by atomic mass is 16.5. The zero-order valence-corrected chi connectivity index (χ0v) is 13.4. The van der Waals surface area contributed by atoms with Crippen LogP contribution in [0.15, 0.2) is 18.2 Å². The predicted molar refractivity (Wildman–Crippen MR) is 85.9 cm³/mol. The number of aliphatic hydroxyl groups excluding tert-OH is 1. The molecule has 0 fully saturated rings. The number of carbonyl (C=O) groups is 1. The summed E-state index contributed by atoms with van der Waals surface area (Å²) in [7, 11) is 1.52. The second-order valence-corrected chi connectivity index (χ2v) is 5.92. The lowest BCUT2D eigenvalue weighted by Gasteiger charge is -2.20. The Hall–Kier alpha value is -1.59. The first-order valence-electron chi connectivity index (χ1n) is 7.93. The maximum atomic E-state index is 11.9. The number of ether oxygens (including phenoxy) is 1. The molecule has 5 nitrogen and oxygen atoms in total. The monoisotopic (exact) mass is 306 g/mol. The Kier molecular flexibility index (Phi) is 6.21. The molecule has 0 aliphatic heterocycles. The van der Waals surface area contributed by atoms with Gasteiger partial charge in [-0.25, -0.2) is 4.79 Å². The van der Waals surface area contributed by atoms with Crippen LogP contribution in [0.5, 0.6) is 0 Å². The summed E-state index contributed by atoms with van der Waals surface area (Å²) < 4.78 is 4.82. The van der Waals surface area contributed by atoms with E-state index in [1.54, 1.807) is 0 Å². The highest BCUT2D eigenvalue weighted by Gasteiger charge is 2.14. The van der Waals surface area contributed by atoms with Gasteiger partial charge in [0.25, 0.3) is 0 Å². The van der Waals surface area contributed by atoms with Gasteiger partial charge >= 0.3 is 6.03 Å². The number of rotatable bonds is 6. The number of aliphatic hydroxyl groups is 1. The number of aryl methyl sites for hydroxylation is 2. The molecule has 2 rings (SSSR count). The normalized spacial score (nSPS) is 16.5. The fourth-order valence-corrected chi connectivity index (χ4v) is 2.82. The average molecular weight is 306 g/mol. The molecule has 122 valence electrons. The summed E-state index contributed by atoms with van der Waals surface area (Å²) in [5.41, 5.74) is 3.97. The van der Waals surface area contributed by atoms with Crippen LogP contribution in [-0.4, -0.2) is 37.5 Å². The maximum absolute atomic E-state index is 11.9. The molecule has 1 aliphatic rings. The van der Waals surface area contributed by atoms with Crippen LogP contribution in [0.25, 0.3) is 0 Å². The smallest absolute Gasteiger partial charge is 0.315 e. The van der Waals surface area contributed by atoms with Crippen LogP contribution in [0.1, 0.15) is 42.5 Å². The van der Waals surface area contributed by atoms with Gasteiger partial charge in [0.1, 0.15) is 0 Å². The van der Waals surface area contributed by atoms with Gasteiger partial charge in [-0.05, 0) is 49.3 Å². The van der Waals surface area contributed by atoms with Crippen molar-refractivity contribution in [3.8, 4) is 0 Å². The highest BCUT2D eigenvalue weighted by molar-refractivity contribution is 5.74. The number of nitrogens with one attached hydrogen (secondary N) is 2. The quantitative estimate of drug-likeness (QED) is 0.752.